The Morgan fingerprint density at radius 3 is 2.87 bits per heavy atom. The third kappa shape index (κ3) is 2.12. The molecule has 1 aromatic carbocycles. The number of rotatable bonds is 4. The van der Waals surface area contributed by atoms with Gasteiger partial charge in [-0.1, -0.05) is 30.3 Å². The molecule has 2 amide bonds. The first-order valence-electron chi connectivity index (χ1n) is 7.60. The fraction of sp³-hybridized carbons (Fsp3) is 0.375. The van der Waals surface area contributed by atoms with Gasteiger partial charge in [-0.25, -0.2) is 4.79 Å². The van der Waals surface area contributed by atoms with Crippen LogP contribution in [0.5, 0.6) is 0 Å². The molecule has 2 aromatic rings. The molecule has 7 nitrogen and oxygen atoms in total. The summed E-state index contributed by atoms with van der Waals surface area (Å²) >= 11 is 0. The topological polar surface area (TPSA) is 70.8 Å². The van der Waals surface area contributed by atoms with Crippen LogP contribution in [-0.2, 0) is 18.5 Å². The van der Waals surface area contributed by atoms with E-state index in [0.717, 1.165) is 16.8 Å². The van der Waals surface area contributed by atoms with Crippen molar-refractivity contribution in [1.82, 2.24) is 19.7 Å². The van der Waals surface area contributed by atoms with Gasteiger partial charge in [-0.05, 0) is 5.56 Å². The maximum absolute atomic E-state index is 12.6. The highest BCUT2D eigenvalue weighted by atomic mass is 16.7. The Morgan fingerprint density at radius 2 is 2.13 bits per heavy atom. The zero-order chi connectivity index (χ0) is 16.0. The number of hydrogen-bond acceptors (Lipinski definition) is 4. The lowest BCUT2D eigenvalue weighted by molar-refractivity contribution is -0.141. The molecule has 1 aromatic heterocycles. The number of carbonyl (C=O) groups is 1. The summed E-state index contributed by atoms with van der Waals surface area (Å²) in [7, 11) is 1.83. The second-order valence-corrected chi connectivity index (χ2v) is 5.84. The minimum Gasteiger partial charge on any atom is -0.394 e. The van der Waals surface area contributed by atoms with E-state index in [4.69, 9.17) is 4.84 Å². The van der Waals surface area contributed by atoms with E-state index in [1.807, 2.05) is 37.4 Å². The quantitative estimate of drug-likeness (QED) is 0.925. The molecule has 7 heteroatoms. The van der Waals surface area contributed by atoms with Crippen LogP contribution in [-0.4, -0.2) is 44.0 Å². The number of aliphatic hydroxyl groups excluding tert-OH is 1. The fourth-order valence-corrected chi connectivity index (χ4v) is 3.41. The summed E-state index contributed by atoms with van der Waals surface area (Å²) in [5.74, 6) is 0. The highest BCUT2D eigenvalue weighted by Gasteiger charge is 2.50. The van der Waals surface area contributed by atoms with E-state index in [1.165, 1.54) is 5.06 Å². The van der Waals surface area contributed by atoms with Crippen molar-refractivity contribution in [2.24, 2.45) is 7.05 Å². The Hall–Kier alpha value is -2.38. The van der Waals surface area contributed by atoms with Gasteiger partial charge in [0.25, 0.3) is 0 Å². The van der Waals surface area contributed by atoms with E-state index in [1.54, 1.807) is 15.8 Å². The first-order chi connectivity index (χ1) is 11.2. The van der Waals surface area contributed by atoms with E-state index in [-0.39, 0.29) is 24.7 Å². The van der Waals surface area contributed by atoms with Crippen LogP contribution >= 0.6 is 0 Å². The maximum Gasteiger partial charge on any atom is 0.345 e. The highest BCUT2D eigenvalue weighted by molar-refractivity contribution is 5.78. The second kappa shape index (κ2) is 5.36. The van der Waals surface area contributed by atoms with Gasteiger partial charge in [0.2, 0.25) is 0 Å². The Labute approximate surface area is 133 Å². The monoisotopic (exact) mass is 314 g/mol. The van der Waals surface area contributed by atoms with Crippen LogP contribution < -0.4 is 0 Å². The molecule has 1 fully saturated rings. The summed E-state index contributed by atoms with van der Waals surface area (Å²) < 4.78 is 1.73. The molecule has 2 aliphatic heterocycles. The predicted octanol–water partition coefficient (Wildman–Crippen LogP) is 1.38. The molecular weight excluding hydrogens is 296 g/mol. The van der Waals surface area contributed by atoms with Crippen molar-refractivity contribution < 1.29 is 14.7 Å². The Bertz CT molecular complexity index is 730. The van der Waals surface area contributed by atoms with Crippen molar-refractivity contribution in [1.29, 1.82) is 0 Å². The number of fused-ring (bicyclic) bond motifs is 4. The van der Waals surface area contributed by atoms with Gasteiger partial charge in [0.05, 0.1) is 31.1 Å². The largest absolute Gasteiger partial charge is 0.394 e. The molecule has 2 aliphatic rings. The van der Waals surface area contributed by atoms with E-state index >= 15 is 0 Å². The normalized spacial score (nSPS) is 22.6. The Balaban J connectivity index is 1.62. The number of hydroxylamine groups is 2. The molecule has 1 N–H and O–H groups in total. The van der Waals surface area contributed by atoms with E-state index < -0.39 is 0 Å². The number of aromatic nitrogens is 2. The number of urea groups is 1. The van der Waals surface area contributed by atoms with Gasteiger partial charge >= 0.3 is 6.03 Å². The number of aliphatic hydroxyl groups is 1. The first-order valence-corrected chi connectivity index (χ1v) is 7.60. The Morgan fingerprint density at radius 1 is 1.35 bits per heavy atom. The van der Waals surface area contributed by atoms with Crippen molar-refractivity contribution in [3.8, 4) is 0 Å². The summed E-state index contributed by atoms with van der Waals surface area (Å²) in [4.78, 5) is 20.1. The average Bonchev–Trinajstić information content (AvgIpc) is 3.09. The van der Waals surface area contributed by atoms with Gasteiger partial charge in [0.15, 0.2) is 0 Å². The van der Waals surface area contributed by atoms with E-state index in [2.05, 4.69) is 5.10 Å². The molecule has 23 heavy (non-hydrogen) atoms. The number of amides is 2. The lowest BCUT2D eigenvalue weighted by atomic mass is 9.98. The Kier molecular flexibility index (Phi) is 3.32. The van der Waals surface area contributed by atoms with Crippen LogP contribution in [0.15, 0.2) is 36.5 Å². The minimum absolute atomic E-state index is 0.127. The molecule has 0 spiro atoms. The summed E-state index contributed by atoms with van der Waals surface area (Å²) in [6.07, 6.45) is 1.76. The number of hydrogen-bond donors (Lipinski definition) is 1. The lowest BCUT2D eigenvalue weighted by Crippen LogP contribution is -2.37. The zero-order valence-corrected chi connectivity index (χ0v) is 12.8. The van der Waals surface area contributed by atoms with Crippen molar-refractivity contribution in [3.63, 3.8) is 0 Å². The maximum atomic E-state index is 12.6. The van der Waals surface area contributed by atoms with Gasteiger partial charge in [0, 0.05) is 12.6 Å². The highest BCUT2D eigenvalue weighted by Crippen LogP contribution is 2.43. The molecule has 2 bridgehead atoms. The van der Waals surface area contributed by atoms with Crippen molar-refractivity contribution in [3.05, 3.63) is 53.3 Å². The molecule has 3 heterocycles. The van der Waals surface area contributed by atoms with Crippen molar-refractivity contribution >= 4 is 6.03 Å². The minimum atomic E-state index is -0.369. The lowest BCUT2D eigenvalue weighted by Gasteiger charge is -2.29. The summed E-state index contributed by atoms with van der Waals surface area (Å²) in [6, 6.07) is 8.97. The number of benzene rings is 1. The second-order valence-electron chi connectivity index (χ2n) is 5.84. The van der Waals surface area contributed by atoms with Crippen LogP contribution in [0.4, 0.5) is 4.79 Å². The van der Waals surface area contributed by atoms with E-state index in [0.29, 0.717) is 13.2 Å². The third-order valence-corrected chi connectivity index (χ3v) is 4.54. The van der Waals surface area contributed by atoms with Crippen molar-refractivity contribution in [2.45, 2.75) is 18.7 Å². The van der Waals surface area contributed by atoms with Crippen LogP contribution in [0.25, 0.3) is 0 Å². The van der Waals surface area contributed by atoms with E-state index in [9.17, 15) is 9.90 Å². The summed E-state index contributed by atoms with van der Waals surface area (Å²) in [5, 5.41) is 15.4. The third-order valence-electron chi connectivity index (χ3n) is 4.54. The molecule has 0 aliphatic carbocycles. The van der Waals surface area contributed by atoms with Crippen LogP contribution in [0, 0.1) is 0 Å². The molecule has 1 saturated heterocycles. The van der Waals surface area contributed by atoms with Crippen molar-refractivity contribution in [2.75, 3.05) is 13.2 Å². The molecule has 2 atom stereocenters. The van der Waals surface area contributed by atoms with Crippen LogP contribution in [0.1, 0.15) is 28.9 Å². The molecule has 120 valence electrons. The summed E-state index contributed by atoms with van der Waals surface area (Å²) in [5.41, 5.74) is 2.83. The fourth-order valence-electron chi connectivity index (χ4n) is 3.41. The standard InChI is InChI=1S/C16H18N4O3/c1-18-15-12(7-17-18)13-8-19(14(15)9-21)16(22)20(13)23-10-11-5-3-2-4-6-11/h2-7,13-14,21H,8-10H2,1H3/t13-,14+/m0/s1. The van der Waals surface area contributed by atoms with Gasteiger partial charge in [-0.2, -0.15) is 10.2 Å². The van der Waals surface area contributed by atoms with Crippen LogP contribution in [0.3, 0.4) is 0 Å². The molecule has 0 saturated carbocycles. The SMILES string of the molecule is Cn1ncc2c1[C@@H](CO)N1C[C@@H]2N(OCc2ccccc2)C1=O. The number of aryl methyl sites for hydroxylation is 1. The van der Waals surface area contributed by atoms with Crippen LogP contribution in [0.2, 0.25) is 0 Å². The first kappa shape index (κ1) is 14.2. The van der Waals surface area contributed by atoms with Gasteiger partial charge in [-0.3, -0.25) is 9.52 Å². The number of carbonyl (C=O) groups excluding carboxylic acids is 1. The molecule has 0 radical (unpaired) electrons. The summed E-state index contributed by atoms with van der Waals surface area (Å²) in [6.45, 7) is 0.714. The molecule has 0 unspecified atom stereocenters. The molecule has 4 rings (SSSR count). The van der Waals surface area contributed by atoms with Gasteiger partial charge < -0.3 is 10.0 Å². The average molecular weight is 314 g/mol. The molecular formula is C16H18N4O3. The predicted molar refractivity (Wildman–Crippen MR) is 80.9 cm³/mol. The zero-order valence-electron chi connectivity index (χ0n) is 12.8. The van der Waals surface area contributed by atoms with Gasteiger partial charge in [0.1, 0.15) is 12.6 Å². The number of nitrogens with zero attached hydrogens (tertiary/aromatic N) is 4. The smallest absolute Gasteiger partial charge is 0.345 e. The van der Waals surface area contributed by atoms with Gasteiger partial charge in [-0.15, -0.1) is 0 Å².